The predicted molar refractivity (Wildman–Crippen MR) is 91.1 cm³/mol. The highest BCUT2D eigenvalue weighted by Crippen LogP contribution is 2.36. The number of halogens is 1. The zero-order chi connectivity index (χ0) is 15.7. The van der Waals surface area contributed by atoms with Crippen LogP contribution in [0.15, 0.2) is 10.7 Å². The van der Waals surface area contributed by atoms with Crippen LogP contribution >= 0.6 is 15.9 Å². The average Bonchev–Trinajstić information content (AvgIpc) is 2.80. The van der Waals surface area contributed by atoms with Gasteiger partial charge in [-0.3, -0.25) is 0 Å². The largest absolute Gasteiger partial charge is 0.413 e. The molecular weight excluding hydrogens is 348 g/mol. The normalized spacial score (nSPS) is 21.3. The molecular formula is C15H27BrN2O2Si. The van der Waals surface area contributed by atoms with E-state index in [1.54, 1.807) is 0 Å². The highest BCUT2D eigenvalue weighted by atomic mass is 79.9. The van der Waals surface area contributed by atoms with Gasteiger partial charge in [-0.15, -0.1) is 0 Å². The van der Waals surface area contributed by atoms with Crippen molar-refractivity contribution in [3.05, 3.63) is 16.4 Å². The SMILES string of the molecule is CC(C)(C)[SiH2]OC(C)(C)c1c(Br)cnn1C1CCCCO1. The standard InChI is InChI=1S/C15H27BrN2O2Si/c1-14(2,3)21-20-15(4,5)13-11(16)10-17-18(13)12-8-6-7-9-19-12/h10,12H,6-9,21H2,1-5H3. The van der Waals surface area contributed by atoms with E-state index in [2.05, 4.69) is 55.6 Å². The topological polar surface area (TPSA) is 36.3 Å². The van der Waals surface area contributed by atoms with Crippen molar-refractivity contribution in [3.63, 3.8) is 0 Å². The Labute approximate surface area is 138 Å². The minimum absolute atomic E-state index is 0.0410. The maximum atomic E-state index is 6.34. The van der Waals surface area contributed by atoms with Gasteiger partial charge in [-0.05, 0) is 54.1 Å². The molecule has 1 aromatic rings. The van der Waals surface area contributed by atoms with E-state index in [1.807, 2.05) is 10.9 Å². The quantitative estimate of drug-likeness (QED) is 0.749. The lowest BCUT2D eigenvalue weighted by Crippen LogP contribution is -2.33. The molecule has 0 aliphatic carbocycles. The number of rotatable bonds is 4. The van der Waals surface area contributed by atoms with E-state index in [0.29, 0.717) is 0 Å². The van der Waals surface area contributed by atoms with Crippen LogP contribution in [-0.2, 0) is 14.8 Å². The Morgan fingerprint density at radius 2 is 2.05 bits per heavy atom. The highest BCUT2D eigenvalue weighted by Gasteiger charge is 2.33. The van der Waals surface area contributed by atoms with Gasteiger partial charge < -0.3 is 9.16 Å². The summed E-state index contributed by atoms with van der Waals surface area (Å²) in [6.07, 6.45) is 5.26. The molecule has 0 saturated carbocycles. The molecule has 1 unspecified atom stereocenters. The lowest BCUT2D eigenvalue weighted by molar-refractivity contribution is -0.0479. The highest BCUT2D eigenvalue weighted by molar-refractivity contribution is 9.10. The fraction of sp³-hybridized carbons (Fsp3) is 0.800. The van der Waals surface area contributed by atoms with Crippen LogP contribution in [0.1, 0.15) is 65.8 Å². The second-order valence-electron chi connectivity index (χ2n) is 7.47. The van der Waals surface area contributed by atoms with Crippen LogP contribution in [0.5, 0.6) is 0 Å². The first-order chi connectivity index (χ1) is 9.71. The van der Waals surface area contributed by atoms with Crippen LogP contribution in [0.2, 0.25) is 5.04 Å². The van der Waals surface area contributed by atoms with E-state index in [1.165, 1.54) is 6.42 Å². The zero-order valence-corrected chi connectivity index (χ0v) is 16.8. The third kappa shape index (κ3) is 4.40. The van der Waals surface area contributed by atoms with Crippen molar-refractivity contribution < 1.29 is 9.16 Å². The van der Waals surface area contributed by atoms with Gasteiger partial charge in [0, 0.05) is 6.61 Å². The van der Waals surface area contributed by atoms with Gasteiger partial charge in [-0.2, -0.15) is 5.10 Å². The fourth-order valence-corrected chi connectivity index (χ4v) is 4.19. The molecule has 1 aliphatic rings. The van der Waals surface area contributed by atoms with Gasteiger partial charge in [0.05, 0.1) is 22.0 Å². The Morgan fingerprint density at radius 1 is 1.33 bits per heavy atom. The molecule has 1 aromatic heterocycles. The summed E-state index contributed by atoms with van der Waals surface area (Å²) < 4.78 is 15.3. The summed E-state index contributed by atoms with van der Waals surface area (Å²) in [5.41, 5.74) is 0.737. The zero-order valence-electron chi connectivity index (χ0n) is 13.8. The molecule has 0 N–H and O–H groups in total. The molecule has 0 bridgehead atoms. The second kappa shape index (κ2) is 6.52. The number of hydrogen-bond acceptors (Lipinski definition) is 3. The number of aromatic nitrogens is 2. The smallest absolute Gasteiger partial charge is 0.168 e. The Kier molecular flexibility index (Phi) is 5.34. The lowest BCUT2D eigenvalue weighted by Gasteiger charge is -2.33. The van der Waals surface area contributed by atoms with E-state index >= 15 is 0 Å². The summed E-state index contributed by atoms with van der Waals surface area (Å²) in [7, 11) is -0.640. The number of hydrogen-bond donors (Lipinski definition) is 0. The summed E-state index contributed by atoms with van der Waals surface area (Å²) in [4.78, 5) is 0. The van der Waals surface area contributed by atoms with E-state index < -0.39 is 9.76 Å². The monoisotopic (exact) mass is 374 g/mol. The van der Waals surface area contributed by atoms with Gasteiger partial charge in [0.15, 0.2) is 16.0 Å². The van der Waals surface area contributed by atoms with Crippen LogP contribution in [0.3, 0.4) is 0 Å². The molecule has 0 spiro atoms. The molecule has 21 heavy (non-hydrogen) atoms. The molecule has 1 saturated heterocycles. The minimum Gasteiger partial charge on any atom is -0.413 e. The average molecular weight is 375 g/mol. The summed E-state index contributed by atoms with van der Waals surface area (Å²) >= 11 is 3.64. The molecule has 120 valence electrons. The number of ether oxygens (including phenoxy) is 1. The minimum atomic E-state index is -0.640. The van der Waals surface area contributed by atoms with Crippen molar-refractivity contribution in [1.29, 1.82) is 0 Å². The molecule has 0 radical (unpaired) electrons. The fourth-order valence-electron chi connectivity index (χ4n) is 2.50. The van der Waals surface area contributed by atoms with Crippen LogP contribution < -0.4 is 0 Å². The van der Waals surface area contributed by atoms with Crippen molar-refractivity contribution >= 4 is 25.7 Å². The first-order valence-electron chi connectivity index (χ1n) is 7.70. The Hall–Kier alpha value is -0.173. The molecule has 4 nitrogen and oxygen atoms in total. The van der Waals surface area contributed by atoms with Gasteiger partial charge in [0.2, 0.25) is 0 Å². The van der Waals surface area contributed by atoms with E-state index in [0.717, 1.165) is 29.6 Å². The van der Waals surface area contributed by atoms with Gasteiger partial charge >= 0.3 is 0 Å². The lowest BCUT2D eigenvalue weighted by atomic mass is 10.1. The molecule has 1 atom stereocenters. The van der Waals surface area contributed by atoms with Gasteiger partial charge in [0.1, 0.15) is 0 Å². The first kappa shape index (κ1) is 17.2. The van der Waals surface area contributed by atoms with E-state index in [4.69, 9.17) is 9.16 Å². The molecule has 0 aromatic carbocycles. The molecule has 2 heterocycles. The maximum Gasteiger partial charge on any atom is 0.168 e. The van der Waals surface area contributed by atoms with Gasteiger partial charge in [-0.25, -0.2) is 4.68 Å². The first-order valence-corrected chi connectivity index (χ1v) is 9.77. The molecule has 0 amide bonds. The summed E-state index contributed by atoms with van der Waals surface area (Å²) in [6.45, 7) is 11.8. The summed E-state index contributed by atoms with van der Waals surface area (Å²) in [5, 5.41) is 4.80. The second-order valence-corrected chi connectivity index (χ2v) is 11.0. The van der Waals surface area contributed by atoms with E-state index in [9.17, 15) is 0 Å². The Bertz CT molecular complexity index is 477. The number of nitrogens with zero attached hydrogens (tertiary/aromatic N) is 2. The Balaban J connectivity index is 2.23. The van der Waals surface area contributed by atoms with Crippen LogP contribution in [-0.4, -0.2) is 26.2 Å². The molecule has 1 aliphatic heterocycles. The van der Waals surface area contributed by atoms with Crippen molar-refractivity contribution in [2.45, 2.75) is 70.7 Å². The van der Waals surface area contributed by atoms with E-state index in [-0.39, 0.29) is 16.9 Å². The molecule has 1 fully saturated rings. The molecule has 6 heteroatoms. The Morgan fingerprint density at radius 3 is 2.62 bits per heavy atom. The van der Waals surface area contributed by atoms with Crippen molar-refractivity contribution in [3.8, 4) is 0 Å². The van der Waals surface area contributed by atoms with Gasteiger partial charge in [0.25, 0.3) is 0 Å². The predicted octanol–water partition coefficient (Wildman–Crippen LogP) is 3.90. The molecule has 2 rings (SSSR count). The van der Waals surface area contributed by atoms with Crippen molar-refractivity contribution in [2.24, 2.45) is 0 Å². The summed E-state index contributed by atoms with van der Waals surface area (Å²) in [5.74, 6) is 0. The van der Waals surface area contributed by atoms with Crippen LogP contribution in [0.4, 0.5) is 0 Å². The van der Waals surface area contributed by atoms with Crippen molar-refractivity contribution in [1.82, 2.24) is 9.78 Å². The third-order valence-electron chi connectivity index (χ3n) is 3.62. The van der Waals surface area contributed by atoms with Crippen LogP contribution in [0.25, 0.3) is 0 Å². The summed E-state index contributed by atoms with van der Waals surface area (Å²) in [6, 6.07) is 0. The van der Waals surface area contributed by atoms with Gasteiger partial charge in [-0.1, -0.05) is 20.8 Å². The maximum absolute atomic E-state index is 6.34. The van der Waals surface area contributed by atoms with Crippen LogP contribution in [0, 0.1) is 0 Å². The third-order valence-corrected chi connectivity index (χ3v) is 5.93. The van der Waals surface area contributed by atoms with Crippen molar-refractivity contribution in [2.75, 3.05) is 6.61 Å².